The first kappa shape index (κ1) is 23.4. The topological polar surface area (TPSA) is 134 Å². The summed E-state index contributed by atoms with van der Waals surface area (Å²) in [4.78, 5) is 48.8. The zero-order valence-electron chi connectivity index (χ0n) is 17.4. The second-order valence-corrected chi connectivity index (χ2v) is 6.77. The smallest absolute Gasteiger partial charge is 0.306 e. The molecule has 0 aliphatic carbocycles. The molecule has 1 fully saturated rings. The third kappa shape index (κ3) is 5.82. The minimum atomic E-state index is -1.01. The van der Waals surface area contributed by atoms with Crippen LogP contribution in [0.2, 0.25) is 0 Å². The summed E-state index contributed by atoms with van der Waals surface area (Å²) in [6.07, 6.45) is 1.81. The lowest BCUT2D eigenvalue weighted by Gasteiger charge is -2.30. The van der Waals surface area contributed by atoms with E-state index >= 15 is 0 Å². The molecule has 0 spiro atoms. The molecule has 166 valence electrons. The maximum absolute atomic E-state index is 12.1. The number of hydrogen-bond donors (Lipinski definition) is 1. The van der Waals surface area contributed by atoms with Crippen molar-refractivity contribution >= 4 is 23.8 Å². The number of primary amides is 1. The van der Waals surface area contributed by atoms with Gasteiger partial charge in [-0.3, -0.25) is 19.2 Å². The van der Waals surface area contributed by atoms with Crippen molar-refractivity contribution in [1.29, 1.82) is 0 Å². The van der Waals surface area contributed by atoms with Gasteiger partial charge in [0.2, 0.25) is 5.91 Å². The average Bonchev–Trinajstić information content (AvgIpc) is 3.08. The monoisotopic (exact) mass is 424 g/mol. The lowest BCUT2D eigenvalue weighted by molar-refractivity contribution is -0.169. The normalized spacial score (nSPS) is 25.4. The highest BCUT2D eigenvalue weighted by Crippen LogP contribution is 2.32. The Balaban J connectivity index is 2.34. The number of amides is 1. The molecule has 2 aliphatic rings. The molecule has 0 aromatic heterocycles. The molecule has 2 N–H and O–H groups in total. The van der Waals surface area contributed by atoms with E-state index in [9.17, 15) is 19.2 Å². The van der Waals surface area contributed by atoms with Crippen LogP contribution >= 0.6 is 0 Å². The van der Waals surface area contributed by atoms with Crippen molar-refractivity contribution in [1.82, 2.24) is 4.90 Å². The minimum absolute atomic E-state index is 0.103. The number of rotatable bonds is 9. The van der Waals surface area contributed by atoms with E-state index in [1.165, 1.54) is 11.1 Å². The summed E-state index contributed by atoms with van der Waals surface area (Å²) >= 11 is 0. The molecular formula is C20H28N2O8. The predicted octanol–water partition coefficient (Wildman–Crippen LogP) is 0.897. The maximum Gasteiger partial charge on any atom is 0.306 e. The van der Waals surface area contributed by atoms with E-state index in [1.54, 1.807) is 33.0 Å². The van der Waals surface area contributed by atoms with Crippen LogP contribution in [0, 0.1) is 0 Å². The van der Waals surface area contributed by atoms with Gasteiger partial charge < -0.3 is 29.6 Å². The van der Waals surface area contributed by atoms with Crippen molar-refractivity contribution in [3.8, 4) is 0 Å². The van der Waals surface area contributed by atoms with Crippen LogP contribution in [0.15, 0.2) is 24.0 Å². The fourth-order valence-corrected chi connectivity index (χ4v) is 3.00. The second-order valence-electron chi connectivity index (χ2n) is 6.77. The van der Waals surface area contributed by atoms with Crippen LogP contribution in [0.5, 0.6) is 0 Å². The largest absolute Gasteiger partial charge is 0.463 e. The molecule has 0 radical (unpaired) electrons. The Bertz CT molecular complexity index is 732. The highest BCUT2D eigenvalue weighted by molar-refractivity contribution is 5.92. The van der Waals surface area contributed by atoms with Crippen molar-refractivity contribution in [3.05, 3.63) is 24.0 Å². The van der Waals surface area contributed by atoms with Crippen molar-refractivity contribution in [3.63, 3.8) is 0 Å². The van der Waals surface area contributed by atoms with Crippen molar-refractivity contribution in [2.45, 2.75) is 71.0 Å². The quantitative estimate of drug-likeness (QED) is 0.423. The third-order valence-electron chi connectivity index (χ3n) is 4.63. The van der Waals surface area contributed by atoms with Gasteiger partial charge in [-0.25, -0.2) is 0 Å². The van der Waals surface area contributed by atoms with Crippen LogP contribution in [-0.4, -0.2) is 59.9 Å². The second kappa shape index (κ2) is 10.8. The van der Waals surface area contributed by atoms with Gasteiger partial charge in [0, 0.05) is 37.2 Å². The van der Waals surface area contributed by atoms with E-state index in [0.29, 0.717) is 12.0 Å². The highest BCUT2D eigenvalue weighted by atomic mass is 16.7. The van der Waals surface area contributed by atoms with Crippen LogP contribution in [0.3, 0.4) is 0 Å². The number of hydrogen-bond acceptors (Lipinski definition) is 9. The molecule has 0 bridgehead atoms. The number of nitrogens with zero attached hydrogens (tertiary/aromatic N) is 1. The Morgan fingerprint density at radius 1 is 1.03 bits per heavy atom. The van der Waals surface area contributed by atoms with Gasteiger partial charge in [-0.15, -0.1) is 0 Å². The number of allylic oxidation sites excluding steroid dienone is 1. The Morgan fingerprint density at radius 2 is 1.63 bits per heavy atom. The fourth-order valence-electron chi connectivity index (χ4n) is 3.00. The van der Waals surface area contributed by atoms with Gasteiger partial charge in [0.1, 0.15) is 12.7 Å². The molecule has 1 amide bonds. The molecule has 30 heavy (non-hydrogen) atoms. The van der Waals surface area contributed by atoms with Crippen molar-refractivity contribution in [2.75, 3.05) is 6.61 Å². The molecule has 0 saturated carbocycles. The van der Waals surface area contributed by atoms with Crippen LogP contribution in [0.25, 0.3) is 0 Å². The number of nitrogens with two attached hydrogens (primary N) is 1. The lowest BCUT2D eigenvalue weighted by Crippen LogP contribution is -2.45. The molecule has 2 heterocycles. The summed E-state index contributed by atoms with van der Waals surface area (Å²) < 4.78 is 22.2. The summed E-state index contributed by atoms with van der Waals surface area (Å²) in [6, 6.07) is 0. The lowest BCUT2D eigenvalue weighted by atomic mass is 10.1. The van der Waals surface area contributed by atoms with E-state index in [-0.39, 0.29) is 25.9 Å². The molecule has 2 aliphatic heterocycles. The molecule has 1 unspecified atom stereocenters. The summed E-state index contributed by atoms with van der Waals surface area (Å²) in [5.74, 6) is -2.07. The van der Waals surface area contributed by atoms with E-state index in [0.717, 1.165) is 0 Å². The molecule has 0 aromatic carbocycles. The number of carbonyl (C=O) groups excluding carboxylic acids is 4. The number of carbonyl (C=O) groups is 4. The SMILES string of the molecule is CCC(=O)OC[C@H]1OC(N2C=CCC(C(N)=O)=C2)[C@H](OC(=O)CC)[C@@H]1OC(=O)CC. The predicted molar refractivity (Wildman–Crippen MR) is 103 cm³/mol. The Kier molecular flexibility index (Phi) is 8.40. The summed E-state index contributed by atoms with van der Waals surface area (Å²) in [5.41, 5.74) is 5.72. The Morgan fingerprint density at radius 3 is 2.20 bits per heavy atom. The van der Waals surface area contributed by atoms with Gasteiger partial charge in [-0.05, 0) is 6.42 Å². The van der Waals surface area contributed by atoms with Crippen molar-refractivity contribution < 1.29 is 38.1 Å². The number of esters is 3. The van der Waals surface area contributed by atoms with E-state index in [1.807, 2.05) is 0 Å². The summed E-state index contributed by atoms with van der Waals surface area (Å²) in [6.45, 7) is 4.72. The Hall–Kier alpha value is -2.88. The molecule has 0 aromatic rings. The first-order valence-electron chi connectivity index (χ1n) is 9.95. The summed E-state index contributed by atoms with van der Waals surface area (Å²) in [7, 11) is 0. The third-order valence-corrected chi connectivity index (χ3v) is 4.63. The van der Waals surface area contributed by atoms with Crippen LogP contribution in [0.1, 0.15) is 46.5 Å². The number of ether oxygens (including phenoxy) is 4. The summed E-state index contributed by atoms with van der Waals surface area (Å²) in [5, 5.41) is 0. The molecule has 1 saturated heterocycles. The highest BCUT2D eigenvalue weighted by Gasteiger charge is 2.51. The molecular weight excluding hydrogens is 396 g/mol. The fraction of sp³-hybridized carbons (Fsp3) is 0.600. The van der Waals surface area contributed by atoms with Crippen LogP contribution in [0.4, 0.5) is 0 Å². The minimum Gasteiger partial charge on any atom is -0.463 e. The van der Waals surface area contributed by atoms with Gasteiger partial charge >= 0.3 is 17.9 Å². The van der Waals surface area contributed by atoms with Gasteiger partial charge in [0.15, 0.2) is 18.4 Å². The van der Waals surface area contributed by atoms with Crippen LogP contribution < -0.4 is 5.73 Å². The maximum atomic E-state index is 12.1. The van der Waals surface area contributed by atoms with Gasteiger partial charge in [0.25, 0.3) is 0 Å². The van der Waals surface area contributed by atoms with E-state index < -0.39 is 48.4 Å². The van der Waals surface area contributed by atoms with E-state index in [4.69, 9.17) is 24.7 Å². The van der Waals surface area contributed by atoms with Gasteiger partial charge in [0.05, 0.1) is 0 Å². The molecule has 2 rings (SSSR count). The van der Waals surface area contributed by atoms with Crippen LogP contribution in [-0.2, 0) is 38.1 Å². The zero-order chi connectivity index (χ0) is 22.3. The average molecular weight is 424 g/mol. The van der Waals surface area contributed by atoms with Gasteiger partial charge in [-0.2, -0.15) is 0 Å². The first-order chi connectivity index (χ1) is 14.3. The van der Waals surface area contributed by atoms with Gasteiger partial charge in [-0.1, -0.05) is 26.8 Å². The Labute approximate surface area is 174 Å². The first-order valence-corrected chi connectivity index (χ1v) is 9.95. The molecule has 10 nitrogen and oxygen atoms in total. The molecule has 10 heteroatoms. The van der Waals surface area contributed by atoms with Crippen molar-refractivity contribution in [2.24, 2.45) is 5.73 Å². The molecule has 4 atom stereocenters. The standard InChI is InChI=1S/C20H28N2O8/c1-4-14(23)27-11-13-17(29-15(24)5-2)18(30-16(25)6-3)20(28-13)22-9-7-8-12(10-22)19(21)26/h7,9-10,13,17-18,20H,4-6,8,11H2,1-3H3,(H2,21,26)/t13-,17-,18-,20?/m1/s1. The van der Waals surface area contributed by atoms with E-state index in [2.05, 4.69) is 0 Å². The zero-order valence-corrected chi connectivity index (χ0v) is 17.4.